The van der Waals surface area contributed by atoms with E-state index in [4.69, 9.17) is 21.3 Å². The number of aryl methyl sites for hydroxylation is 1. The third-order valence-corrected chi connectivity index (χ3v) is 5.38. The summed E-state index contributed by atoms with van der Waals surface area (Å²) < 4.78 is 7.62. The zero-order valence-electron chi connectivity index (χ0n) is 14.9. The Morgan fingerprint density at radius 1 is 1.04 bits per heavy atom. The lowest BCUT2D eigenvalue weighted by atomic mass is 10.3. The highest BCUT2D eigenvalue weighted by molar-refractivity contribution is 6.30. The molecule has 8 heteroatoms. The van der Waals surface area contributed by atoms with Gasteiger partial charge >= 0.3 is 0 Å². The molecule has 0 amide bonds. The van der Waals surface area contributed by atoms with Crippen LogP contribution in [0.2, 0.25) is 5.15 Å². The number of likely N-dealkylation sites (N-methyl/N-ethyl adjacent to an activating group) is 1. The van der Waals surface area contributed by atoms with Gasteiger partial charge in [-0.05, 0) is 7.05 Å². The van der Waals surface area contributed by atoms with Crippen LogP contribution in [0.3, 0.4) is 0 Å². The van der Waals surface area contributed by atoms with Crippen LogP contribution in [0.1, 0.15) is 5.82 Å². The largest absolute Gasteiger partial charge is 0.378 e. The standard InChI is InChI=1S/C17H25ClN6O/c1-21-3-5-23(6-4-21)12-15-20-16-13(22(15)2)11-14(18)19-17(16)24-7-9-25-10-8-24/h11H,3-10,12H2,1-2H3. The predicted octanol–water partition coefficient (Wildman–Crippen LogP) is 1.21. The maximum absolute atomic E-state index is 6.31. The van der Waals surface area contributed by atoms with Gasteiger partial charge in [-0.15, -0.1) is 0 Å². The minimum atomic E-state index is 0.517. The Bertz CT molecular complexity index is 749. The molecule has 0 unspecified atom stereocenters. The summed E-state index contributed by atoms with van der Waals surface area (Å²) in [6.07, 6.45) is 0. The third kappa shape index (κ3) is 3.46. The first kappa shape index (κ1) is 17.0. The molecule has 2 aromatic rings. The maximum Gasteiger partial charge on any atom is 0.158 e. The number of nitrogens with zero attached hydrogens (tertiary/aromatic N) is 6. The van der Waals surface area contributed by atoms with Crippen molar-refractivity contribution in [2.45, 2.75) is 6.54 Å². The fourth-order valence-corrected chi connectivity index (χ4v) is 3.71. The first-order valence-electron chi connectivity index (χ1n) is 8.87. The number of hydrogen-bond acceptors (Lipinski definition) is 6. The van der Waals surface area contributed by atoms with E-state index in [9.17, 15) is 0 Å². The lowest BCUT2D eigenvalue weighted by Gasteiger charge is -2.31. The number of fused-ring (bicyclic) bond motifs is 1. The van der Waals surface area contributed by atoms with Crippen molar-refractivity contribution in [3.05, 3.63) is 17.0 Å². The summed E-state index contributed by atoms with van der Waals surface area (Å²) in [5.41, 5.74) is 1.99. The number of pyridine rings is 1. The number of ether oxygens (including phenoxy) is 1. The van der Waals surface area contributed by atoms with Crippen LogP contribution in [0.25, 0.3) is 11.0 Å². The summed E-state index contributed by atoms with van der Waals surface area (Å²) in [6, 6.07) is 1.92. The van der Waals surface area contributed by atoms with Gasteiger partial charge in [0.2, 0.25) is 0 Å². The van der Waals surface area contributed by atoms with Crippen molar-refractivity contribution < 1.29 is 4.74 Å². The Kier molecular flexibility index (Phi) is 4.82. The molecule has 0 saturated carbocycles. The first-order valence-corrected chi connectivity index (χ1v) is 9.25. The Labute approximate surface area is 153 Å². The van der Waals surface area contributed by atoms with Crippen molar-refractivity contribution in [2.24, 2.45) is 7.05 Å². The Balaban J connectivity index is 1.66. The predicted molar refractivity (Wildman–Crippen MR) is 99.3 cm³/mol. The van der Waals surface area contributed by atoms with Crippen LogP contribution >= 0.6 is 11.6 Å². The summed E-state index contributed by atoms with van der Waals surface area (Å²) in [5, 5.41) is 0.517. The number of halogens is 1. The average molecular weight is 365 g/mol. The minimum absolute atomic E-state index is 0.517. The van der Waals surface area contributed by atoms with E-state index in [1.165, 1.54) is 0 Å². The van der Waals surface area contributed by atoms with E-state index in [-0.39, 0.29) is 0 Å². The molecular weight excluding hydrogens is 340 g/mol. The normalized spacial score (nSPS) is 20.5. The van der Waals surface area contributed by atoms with Gasteiger partial charge in [0.25, 0.3) is 0 Å². The fraction of sp³-hybridized carbons (Fsp3) is 0.647. The molecule has 4 rings (SSSR count). The zero-order chi connectivity index (χ0) is 17.4. The molecule has 2 aliphatic heterocycles. The molecule has 2 aromatic heterocycles. The number of imidazole rings is 1. The highest BCUT2D eigenvalue weighted by Crippen LogP contribution is 2.28. The summed E-state index contributed by atoms with van der Waals surface area (Å²) in [6.45, 7) is 8.32. The monoisotopic (exact) mass is 364 g/mol. The molecule has 2 saturated heterocycles. The number of aromatic nitrogens is 3. The highest BCUT2D eigenvalue weighted by atomic mass is 35.5. The molecule has 2 aliphatic rings. The Hall–Kier alpha value is -1.41. The van der Waals surface area contributed by atoms with Gasteiger partial charge in [-0.1, -0.05) is 11.6 Å². The van der Waals surface area contributed by atoms with E-state index in [2.05, 4.69) is 38.3 Å². The van der Waals surface area contributed by atoms with Gasteiger partial charge in [0.1, 0.15) is 16.5 Å². The van der Waals surface area contributed by atoms with Crippen LogP contribution in [0, 0.1) is 0 Å². The quantitative estimate of drug-likeness (QED) is 0.763. The smallest absolute Gasteiger partial charge is 0.158 e. The second-order valence-corrected chi connectivity index (χ2v) is 7.29. The lowest BCUT2D eigenvalue weighted by molar-refractivity contribution is 0.122. The van der Waals surface area contributed by atoms with Crippen molar-refractivity contribution >= 4 is 28.5 Å². The van der Waals surface area contributed by atoms with Crippen LogP contribution in [0.15, 0.2) is 6.07 Å². The van der Waals surface area contributed by atoms with E-state index in [0.717, 1.165) is 81.7 Å². The van der Waals surface area contributed by atoms with E-state index >= 15 is 0 Å². The molecule has 7 nitrogen and oxygen atoms in total. The molecule has 25 heavy (non-hydrogen) atoms. The Morgan fingerprint density at radius 2 is 1.76 bits per heavy atom. The maximum atomic E-state index is 6.31. The molecule has 0 aromatic carbocycles. The summed E-state index contributed by atoms with van der Waals surface area (Å²) >= 11 is 6.31. The van der Waals surface area contributed by atoms with E-state index < -0.39 is 0 Å². The van der Waals surface area contributed by atoms with Crippen molar-refractivity contribution in [1.82, 2.24) is 24.3 Å². The Morgan fingerprint density at radius 3 is 2.48 bits per heavy atom. The van der Waals surface area contributed by atoms with Crippen molar-refractivity contribution in [3.8, 4) is 0 Å². The average Bonchev–Trinajstić information content (AvgIpc) is 2.93. The van der Waals surface area contributed by atoms with Gasteiger partial charge in [0.15, 0.2) is 5.82 Å². The number of hydrogen-bond donors (Lipinski definition) is 0. The summed E-state index contributed by atoms with van der Waals surface area (Å²) in [5.74, 6) is 1.95. The number of piperazine rings is 1. The topological polar surface area (TPSA) is 49.7 Å². The molecular formula is C17H25ClN6O. The third-order valence-electron chi connectivity index (χ3n) is 5.18. The summed E-state index contributed by atoms with van der Waals surface area (Å²) in [7, 11) is 4.24. The van der Waals surface area contributed by atoms with Crippen LogP contribution in [-0.2, 0) is 18.3 Å². The first-order chi connectivity index (χ1) is 12.1. The lowest BCUT2D eigenvalue weighted by Crippen LogP contribution is -2.44. The molecule has 2 fully saturated rings. The van der Waals surface area contributed by atoms with Gasteiger partial charge in [0.05, 0.1) is 25.3 Å². The molecule has 0 bridgehead atoms. The minimum Gasteiger partial charge on any atom is -0.378 e. The van der Waals surface area contributed by atoms with Gasteiger partial charge < -0.3 is 19.1 Å². The second-order valence-electron chi connectivity index (χ2n) is 6.90. The molecule has 0 aliphatic carbocycles. The van der Waals surface area contributed by atoms with E-state index in [1.54, 1.807) is 0 Å². The number of morpholine rings is 1. The molecule has 0 atom stereocenters. The SMILES string of the molecule is CN1CCN(Cc2nc3c(N4CCOCC4)nc(Cl)cc3n2C)CC1. The number of rotatable bonds is 3. The van der Waals surface area contributed by atoms with Crippen molar-refractivity contribution in [3.63, 3.8) is 0 Å². The van der Waals surface area contributed by atoms with Crippen LogP contribution in [0.5, 0.6) is 0 Å². The summed E-state index contributed by atoms with van der Waals surface area (Å²) in [4.78, 5) is 16.6. The van der Waals surface area contributed by atoms with Gasteiger partial charge in [-0.3, -0.25) is 4.90 Å². The van der Waals surface area contributed by atoms with Gasteiger partial charge in [0, 0.05) is 52.4 Å². The molecule has 0 radical (unpaired) electrons. The van der Waals surface area contributed by atoms with Gasteiger partial charge in [-0.25, -0.2) is 9.97 Å². The number of anilines is 1. The molecule has 4 heterocycles. The zero-order valence-corrected chi connectivity index (χ0v) is 15.7. The molecule has 0 spiro atoms. The van der Waals surface area contributed by atoms with Crippen LogP contribution < -0.4 is 4.90 Å². The van der Waals surface area contributed by atoms with E-state index in [1.807, 2.05) is 6.07 Å². The molecule has 0 N–H and O–H groups in total. The van der Waals surface area contributed by atoms with E-state index in [0.29, 0.717) is 5.15 Å². The van der Waals surface area contributed by atoms with Crippen molar-refractivity contribution in [2.75, 3.05) is 64.4 Å². The van der Waals surface area contributed by atoms with Crippen LogP contribution in [0.4, 0.5) is 5.82 Å². The van der Waals surface area contributed by atoms with Crippen LogP contribution in [-0.4, -0.2) is 83.9 Å². The van der Waals surface area contributed by atoms with Gasteiger partial charge in [-0.2, -0.15) is 0 Å². The highest BCUT2D eigenvalue weighted by Gasteiger charge is 2.22. The second kappa shape index (κ2) is 7.07. The fourth-order valence-electron chi connectivity index (χ4n) is 3.53. The molecule has 136 valence electrons. The van der Waals surface area contributed by atoms with Crippen molar-refractivity contribution in [1.29, 1.82) is 0 Å².